The van der Waals surface area contributed by atoms with E-state index in [4.69, 9.17) is 81.1 Å². The second kappa shape index (κ2) is 10.8. The van der Waals surface area contributed by atoms with E-state index in [1.165, 1.54) is 0 Å². The minimum atomic E-state index is -3.13. The van der Waals surface area contributed by atoms with Crippen LogP contribution < -0.4 is 4.86 Å². The summed E-state index contributed by atoms with van der Waals surface area (Å²) in [5, 5.41) is 0. The van der Waals surface area contributed by atoms with Gasteiger partial charge in [0.15, 0.2) is 11.2 Å². The minimum Gasteiger partial charge on any atom is -0.309 e. The molecule has 4 aliphatic heterocycles. The molecule has 4 atom stereocenters. The minimum absolute atomic E-state index is 0.219. The highest BCUT2D eigenvalue weighted by molar-refractivity contribution is 8.06. The summed E-state index contributed by atoms with van der Waals surface area (Å²) in [4.78, 5) is 3.27. The molecule has 0 bridgehead atoms. The maximum Gasteiger partial charge on any atom is 0.428 e. The summed E-state index contributed by atoms with van der Waals surface area (Å²) in [6.07, 6.45) is 0. The van der Waals surface area contributed by atoms with Crippen molar-refractivity contribution < 1.29 is 18.1 Å². The van der Waals surface area contributed by atoms with Gasteiger partial charge in [-0.25, -0.2) is 14.0 Å². The van der Waals surface area contributed by atoms with E-state index in [1.807, 2.05) is 28.2 Å². The number of nitrogens with zero attached hydrogens (tertiary/aromatic N) is 9. The van der Waals surface area contributed by atoms with Crippen molar-refractivity contribution in [3.05, 3.63) is 0 Å². The smallest absolute Gasteiger partial charge is 0.309 e. The van der Waals surface area contributed by atoms with Crippen molar-refractivity contribution in [2.45, 2.75) is 0 Å². The van der Waals surface area contributed by atoms with Gasteiger partial charge in [-0.05, 0) is 85.0 Å². The second-order valence-corrected chi connectivity index (χ2v) is 29.7. The van der Waals surface area contributed by atoms with E-state index in [9.17, 15) is 0 Å². The molecular weight excluding hydrogens is 688 g/mol. The van der Waals surface area contributed by atoms with E-state index in [0.717, 1.165) is 0 Å². The molecule has 0 amide bonds. The fourth-order valence-corrected chi connectivity index (χ4v) is 29.2. The molecule has 24 heteroatoms. The third-order valence-corrected chi connectivity index (χ3v) is 31.4. The fourth-order valence-electron chi connectivity index (χ4n) is 3.08. The van der Waals surface area contributed by atoms with Crippen LogP contribution in [0.25, 0.3) is 0 Å². The lowest BCUT2D eigenvalue weighted by atomic mass is 9.93. The van der Waals surface area contributed by atoms with Gasteiger partial charge in [-0.2, -0.15) is 18.4 Å². The lowest BCUT2D eigenvalue weighted by molar-refractivity contribution is -0.0583. The largest absolute Gasteiger partial charge is 0.428 e. The third-order valence-electron chi connectivity index (χ3n) is 5.62. The highest BCUT2D eigenvalue weighted by atomic mass is 35.7. The molecule has 216 valence electrons. The van der Waals surface area contributed by atoms with Crippen molar-refractivity contribution in [2.75, 3.05) is 82.8 Å². The lowest BCUT2D eigenvalue weighted by Gasteiger charge is -2.46. The maximum atomic E-state index is 6.92. The average Bonchev–Trinajstić information content (AvgIpc) is 2.77. The summed E-state index contributed by atoms with van der Waals surface area (Å²) < 4.78 is 55.9. The highest BCUT2D eigenvalue weighted by Crippen LogP contribution is 2.87. The molecule has 4 heterocycles. The standard InChI is InChI=1S/C13H33Cl4N10O4P6/c1-24(2)32(14)18-33(15,25(3)4)21-36(20-32)28-9-13(10-29-36)11-30-37(31-12-13)22-34(16,26(5)6)19-35(17,23-37)27(7)8/h20H,9-12H2,1-8H3/q+1/t32-,33?,34+,35+/m0/s1. The van der Waals surface area contributed by atoms with E-state index in [2.05, 4.69) is 9.37 Å². The fraction of sp³-hybridized carbons (Fsp3) is 1.00. The van der Waals surface area contributed by atoms with Gasteiger partial charge in [-0.1, -0.05) is 0 Å². The predicted molar refractivity (Wildman–Crippen MR) is 161 cm³/mol. The number of nitrogens with one attached hydrogen (secondary N) is 1. The Morgan fingerprint density at radius 3 is 1.65 bits per heavy atom. The number of rotatable bonds is 4. The average molecular weight is 721 g/mol. The predicted octanol–water partition coefficient (Wildman–Crippen LogP) is 8.29. The summed E-state index contributed by atoms with van der Waals surface area (Å²) in [6, 6.07) is 0. The SMILES string of the molecule is CN(C)[P@@]1(Cl)=NP2(=N[P@](Cl)(N(C)C)=N1)OCC1(CO2)COP2(=N[P+](Cl)(N(C)C)N=[P@](Cl)(N(C)C)N2)OC1. The molecule has 0 aromatic heterocycles. The molecule has 0 saturated carbocycles. The Bertz CT molecular complexity index is 1210. The van der Waals surface area contributed by atoms with Crippen molar-refractivity contribution in [1.29, 1.82) is 0 Å². The second-order valence-electron chi connectivity index (χ2n) is 9.55. The lowest BCUT2D eigenvalue weighted by Crippen LogP contribution is -2.46. The molecule has 0 aromatic carbocycles. The molecule has 1 unspecified atom stereocenters. The summed E-state index contributed by atoms with van der Waals surface area (Å²) in [7, 11) is 5.53. The molecule has 14 nitrogen and oxygen atoms in total. The van der Waals surface area contributed by atoms with E-state index in [-0.39, 0.29) is 26.4 Å². The van der Waals surface area contributed by atoms with Gasteiger partial charge in [0.1, 0.15) is 0 Å². The topological polar surface area (TPSA) is 124 Å². The molecule has 3 spiro atoms. The van der Waals surface area contributed by atoms with Crippen LogP contribution in [0.3, 0.4) is 0 Å². The van der Waals surface area contributed by atoms with Crippen molar-refractivity contribution in [1.82, 2.24) is 23.5 Å². The first-order valence-corrected chi connectivity index (χ1v) is 24.2. The van der Waals surface area contributed by atoms with Gasteiger partial charge in [0.2, 0.25) is 20.1 Å². The van der Waals surface area contributed by atoms with E-state index in [1.54, 1.807) is 46.9 Å². The zero-order valence-electron chi connectivity index (χ0n) is 21.7. The van der Waals surface area contributed by atoms with Gasteiger partial charge in [-0.15, -0.1) is 4.67 Å². The molecular formula is C13H33Cl4N10O4P6+. The van der Waals surface area contributed by atoms with Crippen molar-refractivity contribution in [2.24, 2.45) is 28.0 Å². The van der Waals surface area contributed by atoms with Crippen LogP contribution in [0.15, 0.2) is 22.6 Å². The Morgan fingerprint density at radius 2 is 1.19 bits per heavy atom. The number of halogens is 4. The molecule has 4 aliphatic rings. The molecule has 1 N–H and O–H groups in total. The van der Waals surface area contributed by atoms with Crippen LogP contribution in [0.2, 0.25) is 0 Å². The van der Waals surface area contributed by atoms with Crippen LogP contribution in [0.4, 0.5) is 0 Å². The molecule has 4 rings (SSSR count). The van der Waals surface area contributed by atoms with Crippen LogP contribution in [-0.2, 0) is 18.1 Å². The van der Waals surface area contributed by atoms with Crippen molar-refractivity contribution in [3.8, 4) is 0 Å². The van der Waals surface area contributed by atoms with Crippen LogP contribution in [-0.4, -0.2) is 101 Å². The summed E-state index contributed by atoms with van der Waals surface area (Å²) in [5.41, 5.74) is -0.615. The monoisotopic (exact) mass is 719 g/mol. The molecule has 2 fully saturated rings. The van der Waals surface area contributed by atoms with Gasteiger partial charge in [-0.3, -0.25) is 0 Å². The van der Waals surface area contributed by atoms with Crippen molar-refractivity contribution in [3.63, 3.8) is 0 Å². The Kier molecular flexibility index (Phi) is 9.45. The quantitative estimate of drug-likeness (QED) is 0.286. The van der Waals surface area contributed by atoms with E-state index in [0.29, 0.717) is 0 Å². The highest BCUT2D eigenvalue weighted by Gasteiger charge is 2.58. The van der Waals surface area contributed by atoms with Gasteiger partial charge in [0.25, 0.3) is 0 Å². The first-order valence-electron chi connectivity index (χ1n) is 10.8. The molecule has 37 heavy (non-hydrogen) atoms. The molecule has 0 aromatic rings. The van der Waals surface area contributed by atoms with E-state index >= 15 is 0 Å². The summed E-state index contributed by atoms with van der Waals surface area (Å²) in [5.74, 6) is 0. The van der Waals surface area contributed by atoms with E-state index < -0.39 is 47.9 Å². The molecule has 0 radical (unpaired) electrons. The van der Waals surface area contributed by atoms with Gasteiger partial charge in [0, 0.05) is 14.1 Å². The van der Waals surface area contributed by atoms with Gasteiger partial charge in [0.05, 0.1) is 31.8 Å². The van der Waals surface area contributed by atoms with Crippen molar-refractivity contribution >= 4 is 87.5 Å². The zero-order chi connectivity index (χ0) is 27.7. The summed E-state index contributed by atoms with van der Waals surface area (Å²) in [6.45, 7) is -7.55. The molecule has 2 saturated heterocycles. The Labute approximate surface area is 239 Å². The van der Waals surface area contributed by atoms with Crippen LogP contribution in [0.1, 0.15) is 0 Å². The maximum absolute atomic E-state index is 6.92. The third kappa shape index (κ3) is 6.22. The first-order chi connectivity index (χ1) is 16.8. The molecule has 0 aliphatic carbocycles. The van der Waals surface area contributed by atoms with Gasteiger partial charge < -0.3 is 18.1 Å². The number of hydrogen-bond donors (Lipinski definition) is 1. The van der Waals surface area contributed by atoms with Crippen LogP contribution >= 0.6 is 87.5 Å². The Hall–Kier alpha value is 2.38. The zero-order valence-corrected chi connectivity index (χ0v) is 30.1. The van der Waals surface area contributed by atoms with Crippen LogP contribution in [0, 0.1) is 5.41 Å². The first kappa shape index (κ1) is 32.3. The van der Waals surface area contributed by atoms with Gasteiger partial charge >= 0.3 is 22.4 Å². The Balaban J connectivity index is 1.60. The van der Waals surface area contributed by atoms with Crippen LogP contribution in [0.5, 0.6) is 0 Å². The Morgan fingerprint density at radius 1 is 0.703 bits per heavy atom. The normalized spacial score (nSPS) is 48.2. The summed E-state index contributed by atoms with van der Waals surface area (Å²) >= 11 is 27.5. The number of hydrogen-bond acceptors (Lipinski definition) is 14.